The molecule has 0 aliphatic carbocycles. The highest BCUT2D eigenvalue weighted by Crippen LogP contribution is 2.17. The third kappa shape index (κ3) is 3.18. The smallest absolute Gasteiger partial charge is 0.253 e. The number of hydrogen-bond acceptors (Lipinski definition) is 4. The Balaban J connectivity index is 1.93. The molecule has 0 unspecified atom stereocenters. The minimum atomic E-state index is -0.301. The van der Waals surface area contributed by atoms with Gasteiger partial charge in [-0.25, -0.2) is 4.98 Å². The molecule has 0 aliphatic rings. The molecule has 2 aromatic rings. The number of nitrogens with zero attached hydrogens (tertiary/aromatic N) is 4. The molecule has 1 N–H and O–H groups in total. The molecule has 8 heteroatoms. The number of amides is 1. The zero-order chi connectivity index (χ0) is 13.0. The van der Waals surface area contributed by atoms with Gasteiger partial charge in [-0.1, -0.05) is 28.4 Å². The molecule has 0 atom stereocenters. The highest BCUT2D eigenvalue weighted by Gasteiger charge is 2.11. The van der Waals surface area contributed by atoms with E-state index in [0.29, 0.717) is 18.7 Å². The van der Waals surface area contributed by atoms with Gasteiger partial charge in [0, 0.05) is 18.9 Å². The van der Waals surface area contributed by atoms with Crippen LogP contribution in [-0.2, 0) is 6.54 Å². The number of carbonyl (C=O) groups is 1. The summed E-state index contributed by atoms with van der Waals surface area (Å²) in [6, 6.07) is 1.43. The van der Waals surface area contributed by atoms with Gasteiger partial charge in [0.25, 0.3) is 5.91 Å². The van der Waals surface area contributed by atoms with Crippen molar-refractivity contribution in [3.8, 4) is 0 Å². The first-order valence-electron chi connectivity index (χ1n) is 5.10. The average Bonchev–Trinajstić information content (AvgIpc) is 2.85. The molecule has 0 saturated heterocycles. The van der Waals surface area contributed by atoms with Crippen molar-refractivity contribution in [1.29, 1.82) is 0 Å². The summed E-state index contributed by atoms with van der Waals surface area (Å²) < 4.78 is 1.61. The molecule has 0 aliphatic heterocycles. The molecular formula is C10H9Cl2N5O. The summed E-state index contributed by atoms with van der Waals surface area (Å²) in [5.74, 6) is -0.301. The van der Waals surface area contributed by atoms with E-state index in [1.165, 1.54) is 12.3 Å². The normalized spacial score (nSPS) is 10.3. The second kappa shape index (κ2) is 5.79. The van der Waals surface area contributed by atoms with Gasteiger partial charge in [0.15, 0.2) is 0 Å². The third-order valence-corrected chi connectivity index (χ3v) is 2.67. The van der Waals surface area contributed by atoms with Gasteiger partial charge in [-0.05, 0) is 6.07 Å². The number of nitrogens with one attached hydrogen (secondary N) is 1. The van der Waals surface area contributed by atoms with E-state index in [2.05, 4.69) is 20.6 Å². The Morgan fingerprint density at radius 1 is 1.44 bits per heavy atom. The van der Waals surface area contributed by atoms with Gasteiger partial charge in [0.2, 0.25) is 0 Å². The molecule has 0 aromatic carbocycles. The maximum absolute atomic E-state index is 11.8. The summed E-state index contributed by atoms with van der Waals surface area (Å²) in [6.07, 6.45) is 4.62. The molecule has 2 aromatic heterocycles. The SMILES string of the molecule is O=C(NCCn1ccnn1)c1cc(Cl)ncc1Cl. The largest absolute Gasteiger partial charge is 0.350 e. The van der Waals surface area contributed by atoms with E-state index < -0.39 is 0 Å². The first-order valence-corrected chi connectivity index (χ1v) is 5.86. The highest BCUT2D eigenvalue weighted by molar-refractivity contribution is 6.35. The van der Waals surface area contributed by atoms with Crippen LogP contribution in [0.15, 0.2) is 24.7 Å². The summed E-state index contributed by atoms with van der Waals surface area (Å²) in [7, 11) is 0. The quantitative estimate of drug-likeness (QED) is 0.862. The number of aromatic nitrogens is 4. The molecule has 0 bridgehead atoms. The van der Waals surface area contributed by atoms with Crippen LogP contribution in [0.1, 0.15) is 10.4 Å². The van der Waals surface area contributed by atoms with Crippen LogP contribution in [0.3, 0.4) is 0 Å². The van der Waals surface area contributed by atoms with E-state index in [-0.39, 0.29) is 16.1 Å². The lowest BCUT2D eigenvalue weighted by Gasteiger charge is -2.06. The van der Waals surface area contributed by atoms with Gasteiger partial charge >= 0.3 is 0 Å². The minimum Gasteiger partial charge on any atom is -0.350 e. The predicted molar refractivity (Wildman–Crippen MR) is 66.6 cm³/mol. The zero-order valence-electron chi connectivity index (χ0n) is 9.18. The standard InChI is InChI=1S/C10H9Cl2N5O/c11-8-6-14-9(12)5-7(8)10(18)13-1-3-17-4-2-15-16-17/h2,4-6H,1,3H2,(H,13,18). The lowest BCUT2D eigenvalue weighted by molar-refractivity contribution is 0.0952. The number of pyridine rings is 1. The second-order valence-corrected chi connectivity index (χ2v) is 4.20. The molecule has 94 valence electrons. The zero-order valence-corrected chi connectivity index (χ0v) is 10.7. The van der Waals surface area contributed by atoms with Crippen molar-refractivity contribution in [3.63, 3.8) is 0 Å². The molecule has 0 spiro atoms. The molecule has 1 amide bonds. The van der Waals surface area contributed by atoms with Crippen LogP contribution < -0.4 is 5.32 Å². The molecule has 0 saturated carbocycles. The van der Waals surface area contributed by atoms with E-state index in [1.807, 2.05) is 0 Å². The molecule has 0 radical (unpaired) electrons. The Bertz CT molecular complexity index is 543. The molecule has 6 nitrogen and oxygen atoms in total. The van der Waals surface area contributed by atoms with Gasteiger partial charge in [-0.15, -0.1) is 5.10 Å². The van der Waals surface area contributed by atoms with Gasteiger partial charge in [-0.2, -0.15) is 0 Å². The van der Waals surface area contributed by atoms with Gasteiger partial charge in [0.05, 0.1) is 23.3 Å². The molecule has 18 heavy (non-hydrogen) atoms. The van der Waals surface area contributed by atoms with Crippen molar-refractivity contribution < 1.29 is 4.79 Å². The van der Waals surface area contributed by atoms with E-state index in [4.69, 9.17) is 23.2 Å². The Morgan fingerprint density at radius 3 is 3.00 bits per heavy atom. The number of hydrogen-bond donors (Lipinski definition) is 1. The summed E-state index contributed by atoms with van der Waals surface area (Å²) in [4.78, 5) is 15.6. The minimum absolute atomic E-state index is 0.223. The molecule has 2 heterocycles. The van der Waals surface area contributed by atoms with Crippen LogP contribution in [0.5, 0.6) is 0 Å². The van der Waals surface area contributed by atoms with Crippen LogP contribution in [-0.4, -0.2) is 32.4 Å². The topological polar surface area (TPSA) is 72.7 Å². The summed E-state index contributed by atoms with van der Waals surface area (Å²) in [5.41, 5.74) is 0.301. The average molecular weight is 286 g/mol. The van der Waals surface area contributed by atoms with Crippen LogP contribution in [0.4, 0.5) is 0 Å². The van der Waals surface area contributed by atoms with Crippen molar-refractivity contribution >= 4 is 29.1 Å². The van der Waals surface area contributed by atoms with Crippen molar-refractivity contribution in [1.82, 2.24) is 25.3 Å². The van der Waals surface area contributed by atoms with Gasteiger partial charge < -0.3 is 5.32 Å². The van der Waals surface area contributed by atoms with Crippen LogP contribution in [0.25, 0.3) is 0 Å². The predicted octanol–water partition coefficient (Wildman–Crippen LogP) is 1.41. The van der Waals surface area contributed by atoms with Crippen molar-refractivity contribution in [2.24, 2.45) is 0 Å². The van der Waals surface area contributed by atoms with E-state index in [1.54, 1.807) is 17.1 Å². The monoisotopic (exact) mass is 285 g/mol. The Labute approximate surface area is 113 Å². The first-order chi connectivity index (χ1) is 8.66. The molecule has 2 rings (SSSR count). The third-order valence-electron chi connectivity index (χ3n) is 2.16. The second-order valence-electron chi connectivity index (χ2n) is 3.41. The van der Waals surface area contributed by atoms with Crippen molar-refractivity contribution in [3.05, 3.63) is 40.4 Å². The Kier molecular flexibility index (Phi) is 4.11. The molecule has 0 fully saturated rings. The van der Waals surface area contributed by atoms with Crippen LogP contribution >= 0.6 is 23.2 Å². The van der Waals surface area contributed by atoms with E-state index in [9.17, 15) is 4.79 Å². The van der Waals surface area contributed by atoms with Crippen molar-refractivity contribution in [2.45, 2.75) is 6.54 Å². The van der Waals surface area contributed by atoms with Gasteiger partial charge in [-0.3, -0.25) is 9.48 Å². The fourth-order valence-electron chi connectivity index (χ4n) is 1.32. The Hall–Kier alpha value is -1.66. The first kappa shape index (κ1) is 12.8. The number of carbonyl (C=O) groups excluding carboxylic acids is 1. The number of halogens is 2. The summed E-state index contributed by atoms with van der Waals surface area (Å²) >= 11 is 11.6. The van der Waals surface area contributed by atoms with Gasteiger partial charge in [0.1, 0.15) is 5.15 Å². The highest BCUT2D eigenvalue weighted by atomic mass is 35.5. The summed E-state index contributed by atoms with van der Waals surface area (Å²) in [5, 5.41) is 10.6. The van der Waals surface area contributed by atoms with E-state index >= 15 is 0 Å². The Morgan fingerprint density at radius 2 is 2.28 bits per heavy atom. The molecular weight excluding hydrogens is 277 g/mol. The summed E-state index contributed by atoms with van der Waals surface area (Å²) in [6.45, 7) is 0.945. The van der Waals surface area contributed by atoms with Crippen LogP contribution in [0, 0.1) is 0 Å². The fourth-order valence-corrected chi connectivity index (χ4v) is 1.67. The van der Waals surface area contributed by atoms with Crippen molar-refractivity contribution in [2.75, 3.05) is 6.54 Å². The number of rotatable bonds is 4. The maximum Gasteiger partial charge on any atom is 0.253 e. The fraction of sp³-hybridized carbons (Fsp3) is 0.200. The lowest BCUT2D eigenvalue weighted by atomic mass is 10.2. The maximum atomic E-state index is 11.8. The van der Waals surface area contributed by atoms with E-state index in [0.717, 1.165) is 0 Å². The van der Waals surface area contributed by atoms with Crippen LogP contribution in [0.2, 0.25) is 10.2 Å². The lowest BCUT2D eigenvalue weighted by Crippen LogP contribution is -2.27.